The minimum atomic E-state index is -4.84. The summed E-state index contributed by atoms with van der Waals surface area (Å²) in [5.74, 6) is -1.42. The molecule has 0 saturated heterocycles. The van der Waals surface area contributed by atoms with Gasteiger partial charge in [0.1, 0.15) is 5.69 Å². The topological polar surface area (TPSA) is 94.2 Å². The third kappa shape index (κ3) is 3.44. The average molecular weight is 413 g/mol. The maximum atomic E-state index is 13.0. The molecule has 0 fully saturated rings. The van der Waals surface area contributed by atoms with Gasteiger partial charge in [0.05, 0.1) is 22.5 Å². The van der Waals surface area contributed by atoms with Crippen LogP contribution >= 0.6 is 11.5 Å². The number of alkyl halides is 3. The lowest BCUT2D eigenvalue weighted by molar-refractivity contribution is -0.144. The Morgan fingerprint density at radius 3 is 2.57 bits per heavy atom. The molecule has 0 bridgehead atoms. The Morgan fingerprint density at radius 2 is 1.96 bits per heavy atom. The van der Waals surface area contributed by atoms with E-state index in [4.69, 9.17) is 5.11 Å². The molecule has 2 heterocycles. The van der Waals surface area contributed by atoms with Crippen molar-refractivity contribution in [3.63, 3.8) is 0 Å². The highest BCUT2D eigenvalue weighted by Gasteiger charge is 2.35. The summed E-state index contributed by atoms with van der Waals surface area (Å²) in [7, 11) is 0.937. The van der Waals surface area contributed by atoms with Gasteiger partial charge in [-0.05, 0) is 29.7 Å². The molecule has 7 nitrogen and oxygen atoms in total. The summed E-state index contributed by atoms with van der Waals surface area (Å²) >= 11 is 1.13. The maximum Gasteiger partial charge on any atom is 0.431 e. The van der Waals surface area contributed by atoms with E-state index in [0.717, 1.165) is 18.6 Å². The second-order valence-corrected chi connectivity index (χ2v) is 7.09. The number of hydrogen-bond donors (Lipinski definition) is 1. The van der Waals surface area contributed by atoms with Gasteiger partial charge in [-0.25, -0.2) is 9.36 Å². The van der Waals surface area contributed by atoms with Crippen LogP contribution in [0.15, 0.2) is 33.9 Å². The number of carboxylic acid groups (broad SMARTS) is 1. The van der Waals surface area contributed by atoms with Gasteiger partial charge >= 0.3 is 17.8 Å². The molecule has 1 unspecified atom stereocenters. The van der Waals surface area contributed by atoms with E-state index in [2.05, 4.69) is 4.37 Å². The number of fused-ring (bicyclic) bond motifs is 1. The van der Waals surface area contributed by atoms with Gasteiger partial charge in [-0.15, -0.1) is 0 Å². The average Bonchev–Trinajstić information content (AvgIpc) is 3.00. The van der Waals surface area contributed by atoms with Crippen molar-refractivity contribution >= 4 is 27.6 Å². The molecule has 28 heavy (non-hydrogen) atoms. The van der Waals surface area contributed by atoms with E-state index in [0.29, 0.717) is 31.0 Å². The van der Waals surface area contributed by atoms with E-state index in [1.54, 1.807) is 13.0 Å². The number of carboxylic acids is 1. The van der Waals surface area contributed by atoms with Crippen LogP contribution in [0.4, 0.5) is 13.2 Å². The van der Waals surface area contributed by atoms with Crippen LogP contribution in [0, 0.1) is 0 Å². The zero-order valence-corrected chi connectivity index (χ0v) is 15.5. The number of aromatic nitrogens is 3. The van der Waals surface area contributed by atoms with Gasteiger partial charge in [0.2, 0.25) is 0 Å². The van der Waals surface area contributed by atoms with E-state index < -0.39 is 35.0 Å². The largest absolute Gasteiger partial charge is 0.481 e. The van der Waals surface area contributed by atoms with Gasteiger partial charge in [0, 0.05) is 24.4 Å². The highest BCUT2D eigenvalue weighted by Crippen LogP contribution is 2.31. The molecular formula is C17H14F3N3O4S. The second kappa shape index (κ2) is 6.89. The molecule has 0 amide bonds. The van der Waals surface area contributed by atoms with Crippen LogP contribution in [0.1, 0.15) is 30.7 Å². The van der Waals surface area contributed by atoms with Crippen molar-refractivity contribution < 1.29 is 23.1 Å². The van der Waals surface area contributed by atoms with Gasteiger partial charge in [-0.3, -0.25) is 14.2 Å². The van der Waals surface area contributed by atoms with Crippen LogP contribution < -0.4 is 11.2 Å². The van der Waals surface area contributed by atoms with E-state index in [-0.39, 0.29) is 12.1 Å². The van der Waals surface area contributed by atoms with Crippen molar-refractivity contribution in [3.8, 4) is 5.69 Å². The summed E-state index contributed by atoms with van der Waals surface area (Å²) in [5, 5.41) is 9.52. The Morgan fingerprint density at radius 1 is 1.29 bits per heavy atom. The van der Waals surface area contributed by atoms with Crippen LogP contribution in [0.25, 0.3) is 15.8 Å². The zero-order valence-electron chi connectivity index (χ0n) is 14.6. The van der Waals surface area contributed by atoms with Gasteiger partial charge in [0.25, 0.3) is 5.56 Å². The summed E-state index contributed by atoms with van der Waals surface area (Å²) in [6.07, 6.45) is -5.00. The minimum Gasteiger partial charge on any atom is -0.481 e. The molecule has 0 radical (unpaired) electrons. The van der Waals surface area contributed by atoms with Crippen molar-refractivity contribution in [2.24, 2.45) is 7.05 Å². The monoisotopic (exact) mass is 413 g/mol. The Kier molecular flexibility index (Phi) is 4.88. The molecule has 148 valence electrons. The highest BCUT2D eigenvalue weighted by atomic mass is 32.1. The standard InChI is InChI=1S/C17H14F3N3O4S/c1-8(5-14(25)26)15-10-6-9(3-4-11(10)28-21-15)23-13(24)7-12(17(18,19)20)22(2)16(23)27/h3-4,6-8H,5H2,1-2H3,(H,25,26). The molecule has 11 heteroatoms. The zero-order chi connectivity index (χ0) is 20.8. The quantitative estimate of drug-likeness (QED) is 0.710. The van der Waals surface area contributed by atoms with E-state index in [1.807, 2.05) is 0 Å². The molecule has 0 aliphatic carbocycles. The lowest BCUT2D eigenvalue weighted by Gasteiger charge is -2.14. The summed E-state index contributed by atoms with van der Waals surface area (Å²) in [4.78, 5) is 35.7. The highest BCUT2D eigenvalue weighted by molar-refractivity contribution is 7.13. The van der Waals surface area contributed by atoms with Gasteiger partial charge in [-0.2, -0.15) is 17.5 Å². The normalized spacial score (nSPS) is 13.0. The van der Waals surface area contributed by atoms with E-state index in [1.165, 1.54) is 12.1 Å². The van der Waals surface area contributed by atoms with Crippen LogP contribution in [-0.4, -0.2) is 24.6 Å². The Balaban J connectivity index is 2.20. The first-order chi connectivity index (χ1) is 13.0. The molecule has 2 aromatic heterocycles. The summed E-state index contributed by atoms with van der Waals surface area (Å²) < 4.78 is 44.9. The number of nitrogens with zero attached hydrogens (tertiary/aromatic N) is 3. The lowest BCUT2D eigenvalue weighted by atomic mass is 10.0. The van der Waals surface area contributed by atoms with Gasteiger partial charge in [-0.1, -0.05) is 6.92 Å². The third-order valence-electron chi connectivity index (χ3n) is 4.30. The van der Waals surface area contributed by atoms with E-state index in [9.17, 15) is 27.6 Å². The SMILES string of the molecule is CC(CC(=O)O)c1nsc2ccc(-n3c(=O)cc(C(F)(F)F)n(C)c3=O)cc12. The third-order valence-corrected chi connectivity index (χ3v) is 5.14. The molecule has 0 aliphatic rings. The molecular weight excluding hydrogens is 399 g/mol. The first-order valence-corrected chi connectivity index (χ1v) is 8.80. The Bertz CT molecular complexity index is 1190. The molecule has 0 aliphatic heterocycles. The van der Waals surface area contributed by atoms with Crippen LogP contribution in [0.5, 0.6) is 0 Å². The summed E-state index contributed by atoms with van der Waals surface area (Å²) in [5.41, 5.74) is -3.02. The predicted molar refractivity (Wildman–Crippen MR) is 96.1 cm³/mol. The summed E-state index contributed by atoms with van der Waals surface area (Å²) in [6, 6.07) is 4.85. The van der Waals surface area contributed by atoms with E-state index >= 15 is 0 Å². The van der Waals surface area contributed by atoms with Crippen LogP contribution in [0.2, 0.25) is 0 Å². The van der Waals surface area contributed by atoms with Crippen molar-refractivity contribution in [3.05, 3.63) is 56.5 Å². The predicted octanol–water partition coefficient (Wildman–Crippen LogP) is 2.74. The molecule has 0 saturated carbocycles. The molecule has 3 rings (SSSR count). The molecule has 1 N–H and O–H groups in total. The number of carbonyl (C=O) groups is 1. The van der Waals surface area contributed by atoms with Gasteiger partial charge < -0.3 is 5.11 Å². The first kappa shape index (κ1) is 19.8. The fourth-order valence-corrected chi connectivity index (χ4v) is 3.80. The van der Waals surface area contributed by atoms with Crippen molar-refractivity contribution in [1.82, 2.24) is 13.5 Å². The first-order valence-electron chi connectivity index (χ1n) is 8.02. The van der Waals surface area contributed by atoms with Crippen molar-refractivity contribution in [1.29, 1.82) is 0 Å². The van der Waals surface area contributed by atoms with Gasteiger partial charge in [0.15, 0.2) is 0 Å². The summed E-state index contributed by atoms with van der Waals surface area (Å²) in [6.45, 7) is 1.68. The molecule has 1 atom stereocenters. The second-order valence-electron chi connectivity index (χ2n) is 6.29. The van der Waals surface area contributed by atoms with Crippen molar-refractivity contribution in [2.75, 3.05) is 0 Å². The number of halogens is 3. The Labute approximate surface area is 159 Å². The Hall–Kier alpha value is -2.95. The number of aliphatic carboxylic acids is 1. The van der Waals surface area contributed by atoms with Crippen LogP contribution in [-0.2, 0) is 18.0 Å². The minimum absolute atomic E-state index is 0.0794. The fraction of sp³-hybridized carbons (Fsp3) is 0.294. The maximum absolute atomic E-state index is 13.0. The molecule has 1 aromatic carbocycles. The molecule has 0 spiro atoms. The number of hydrogen-bond acceptors (Lipinski definition) is 5. The van der Waals surface area contributed by atoms with Crippen LogP contribution in [0.3, 0.4) is 0 Å². The molecule has 3 aromatic rings. The van der Waals surface area contributed by atoms with Crippen molar-refractivity contribution in [2.45, 2.75) is 25.4 Å². The number of rotatable bonds is 4. The number of benzene rings is 1. The lowest BCUT2D eigenvalue weighted by Crippen LogP contribution is -2.40. The fourth-order valence-electron chi connectivity index (χ4n) is 2.93. The smallest absolute Gasteiger partial charge is 0.431 e.